The van der Waals surface area contributed by atoms with Crippen LogP contribution in [-0.4, -0.2) is 60.9 Å². The Labute approximate surface area is 168 Å². The highest BCUT2D eigenvalue weighted by Crippen LogP contribution is 2.25. The van der Waals surface area contributed by atoms with Gasteiger partial charge in [0.25, 0.3) is 0 Å². The van der Waals surface area contributed by atoms with Gasteiger partial charge in [0, 0.05) is 50.0 Å². The SMILES string of the molecule is Cc1ccn(-c2cc(N3CCN(c4nc(C)nc5cnccc45)CC3)ncn2)n1. The first-order chi connectivity index (χ1) is 14.2. The summed E-state index contributed by atoms with van der Waals surface area (Å²) in [6, 6.07) is 5.93. The second kappa shape index (κ2) is 7.08. The molecule has 0 atom stereocenters. The van der Waals surface area contributed by atoms with E-state index in [0.717, 1.165) is 66.1 Å². The average molecular weight is 387 g/mol. The number of hydrogen-bond acceptors (Lipinski definition) is 8. The molecule has 0 N–H and O–H groups in total. The molecule has 1 fully saturated rings. The first-order valence-electron chi connectivity index (χ1n) is 9.60. The standard InChI is InChI=1S/C20H21N9/c1-14-4-6-29(26-14)19-11-18(22-13-23-19)27-7-9-28(10-8-27)20-16-3-5-21-12-17(16)24-15(2)25-20/h3-6,11-13H,7-10H2,1-2H3. The topological polar surface area (TPSA) is 88.8 Å². The van der Waals surface area contributed by atoms with E-state index in [4.69, 9.17) is 4.98 Å². The summed E-state index contributed by atoms with van der Waals surface area (Å²) in [6.45, 7) is 7.30. The van der Waals surface area contributed by atoms with E-state index >= 15 is 0 Å². The summed E-state index contributed by atoms with van der Waals surface area (Å²) in [5.41, 5.74) is 1.84. The number of aryl methyl sites for hydroxylation is 2. The van der Waals surface area contributed by atoms with Crippen LogP contribution in [0, 0.1) is 13.8 Å². The van der Waals surface area contributed by atoms with Crippen molar-refractivity contribution in [3.8, 4) is 5.82 Å². The smallest absolute Gasteiger partial charge is 0.158 e. The van der Waals surface area contributed by atoms with E-state index < -0.39 is 0 Å². The van der Waals surface area contributed by atoms with Gasteiger partial charge < -0.3 is 9.80 Å². The maximum Gasteiger partial charge on any atom is 0.158 e. The normalized spacial score (nSPS) is 14.6. The largest absolute Gasteiger partial charge is 0.353 e. The molecule has 9 nitrogen and oxygen atoms in total. The van der Waals surface area contributed by atoms with Gasteiger partial charge in [-0.2, -0.15) is 5.10 Å². The van der Waals surface area contributed by atoms with Crippen molar-refractivity contribution in [2.75, 3.05) is 36.0 Å². The molecule has 4 aromatic rings. The molecule has 9 heteroatoms. The Hall–Kier alpha value is -3.62. The van der Waals surface area contributed by atoms with Crippen molar-refractivity contribution in [3.63, 3.8) is 0 Å². The van der Waals surface area contributed by atoms with E-state index in [1.54, 1.807) is 23.4 Å². The monoisotopic (exact) mass is 387 g/mol. The Bertz CT molecular complexity index is 1160. The molecular formula is C20H21N9. The van der Waals surface area contributed by atoms with Crippen molar-refractivity contribution in [3.05, 3.63) is 54.6 Å². The summed E-state index contributed by atoms with van der Waals surface area (Å²) in [7, 11) is 0. The van der Waals surface area contributed by atoms with E-state index in [9.17, 15) is 0 Å². The lowest BCUT2D eigenvalue weighted by molar-refractivity contribution is 0.640. The molecule has 5 heterocycles. The highest BCUT2D eigenvalue weighted by atomic mass is 15.3. The maximum absolute atomic E-state index is 4.71. The Kier molecular flexibility index (Phi) is 4.27. The fourth-order valence-electron chi connectivity index (χ4n) is 3.64. The van der Waals surface area contributed by atoms with Gasteiger partial charge in [0.2, 0.25) is 0 Å². The minimum Gasteiger partial charge on any atom is -0.353 e. The number of nitrogens with zero attached hydrogens (tertiary/aromatic N) is 9. The second-order valence-electron chi connectivity index (χ2n) is 7.10. The summed E-state index contributed by atoms with van der Waals surface area (Å²) in [5.74, 6) is 3.43. The van der Waals surface area contributed by atoms with Crippen molar-refractivity contribution in [1.29, 1.82) is 0 Å². The molecule has 4 aromatic heterocycles. The molecule has 1 aliphatic heterocycles. The fraction of sp³-hybridized carbons (Fsp3) is 0.300. The molecule has 146 valence electrons. The number of aromatic nitrogens is 7. The van der Waals surface area contributed by atoms with Crippen LogP contribution in [0.2, 0.25) is 0 Å². The molecule has 0 spiro atoms. The molecule has 0 amide bonds. The summed E-state index contributed by atoms with van der Waals surface area (Å²) >= 11 is 0. The Morgan fingerprint density at radius 2 is 1.69 bits per heavy atom. The zero-order valence-electron chi connectivity index (χ0n) is 16.4. The number of rotatable bonds is 3. The number of piperazine rings is 1. The summed E-state index contributed by atoms with van der Waals surface area (Å²) in [5, 5.41) is 5.48. The quantitative estimate of drug-likeness (QED) is 0.527. The zero-order chi connectivity index (χ0) is 19.8. The van der Waals surface area contributed by atoms with Crippen LogP contribution in [0.1, 0.15) is 11.5 Å². The highest BCUT2D eigenvalue weighted by Gasteiger charge is 2.22. The summed E-state index contributed by atoms with van der Waals surface area (Å²) < 4.78 is 1.78. The number of pyridine rings is 1. The van der Waals surface area contributed by atoms with Crippen LogP contribution in [0.15, 0.2) is 43.1 Å². The summed E-state index contributed by atoms with van der Waals surface area (Å²) in [6.07, 6.45) is 7.10. The fourth-order valence-corrected chi connectivity index (χ4v) is 3.64. The molecule has 5 rings (SSSR count). The van der Waals surface area contributed by atoms with Crippen LogP contribution in [0.4, 0.5) is 11.6 Å². The molecule has 0 unspecified atom stereocenters. The number of hydrogen-bond donors (Lipinski definition) is 0. The zero-order valence-corrected chi connectivity index (χ0v) is 16.4. The minimum atomic E-state index is 0.762. The van der Waals surface area contributed by atoms with Crippen molar-refractivity contribution in [2.24, 2.45) is 0 Å². The molecular weight excluding hydrogens is 366 g/mol. The highest BCUT2D eigenvalue weighted by molar-refractivity contribution is 5.88. The van der Waals surface area contributed by atoms with Crippen LogP contribution in [0.25, 0.3) is 16.7 Å². The van der Waals surface area contributed by atoms with E-state index in [1.807, 2.05) is 38.2 Å². The minimum absolute atomic E-state index is 0.762. The van der Waals surface area contributed by atoms with Crippen LogP contribution in [0.3, 0.4) is 0 Å². The molecule has 29 heavy (non-hydrogen) atoms. The van der Waals surface area contributed by atoms with E-state index in [-0.39, 0.29) is 0 Å². The van der Waals surface area contributed by atoms with Crippen molar-refractivity contribution in [2.45, 2.75) is 13.8 Å². The molecule has 1 saturated heterocycles. The molecule has 0 saturated carbocycles. The lowest BCUT2D eigenvalue weighted by atomic mass is 10.2. The van der Waals surface area contributed by atoms with Crippen molar-refractivity contribution < 1.29 is 0 Å². The van der Waals surface area contributed by atoms with Crippen molar-refractivity contribution in [1.82, 2.24) is 34.7 Å². The van der Waals surface area contributed by atoms with E-state index in [2.05, 4.69) is 34.8 Å². The van der Waals surface area contributed by atoms with Gasteiger partial charge in [-0.3, -0.25) is 4.98 Å². The van der Waals surface area contributed by atoms with E-state index in [0.29, 0.717) is 0 Å². The summed E-state index contributed by atoms with van der Waals surface area (Å²) in [4.78, 5) is 26.8. The maximum atomic E-state index is 4.71. The second-order valence-corrected chi connectivity index (χ2v) is 7.10. The van der Waals surface area contributed by atoms with Gasteiger partial charge in [0.05, 0.1) is 17.4 Å². The molecule has 0 bridgehead atoms. The third-order valence-electron chi connectivity index (χ3n) is 5.09. The van der Waals surface area contributed by atoms with Crippen LogP contribution in [-0.2, 0) is 0 Å². The Morgan fingerprint density at radius 3 is 2.48 bits per heavy atom. The third-order valence-corrected chi connectivity index (χ3v) is 5.09. The average Bonchev–Trinajstić information content (AvgIpc) is 3.20. The first kappa shape index (κ1) is 17.5. The third kappa shape index (κ3) is 3.35. The number of anilines is 2. The van der Waals surface area contributed by atoms with Gasteiger partial charge in [-0.05, 0) is 26.0 Å². The predicted molar refractivity (Wildman–Crippen MR) is 110 cm³/mol. The molecule has 1 aliphatic rings. The van der Waals surface area contributed by atoms with Crippen LogP contribution in [0.5, 0.6) is 0 Å². The lowest BCUT2D eigenvalue weighted by Gasteiger charge is -2.36. The van der Waals surface area contributed by atoms with Gasteiger partial charge in [0.15, 0.2) is 5.82 Å². The van der Waals surface area contributed by atoms with Gasteiger partial charge in [-0.25, -0.2) is 24.6 Å². The van der Waals surface area contributed by atoms with Gasteiger partial charge in [-0.15, -0.1) is 0 Å². The van der Waals surface area contributed by atoms with Crippen molar-refractivity contribution >= 4 is 22.5 Å². The molecule has 0 radical (unpaired) electrons. The first-order valence-corrected chi connectivity index (χ1v) is 9.60. The Balaban J connectivity index is 1.36. The molecule has 0 aliphatic carbocycles. The van der Waals surface area contributed by atoms with E-state index in [1.165, 1.54) is 0 Å². The van der Waals surface area contributed by atoms with Gasteiger partial charge in [0.1, 0.15) is 23.8 Å². The number of fused-ring (bicyclic) bond motifs is 1. The lowest BCUT2D eigenvalue weighted by Crippen LogP contribution is -2.47. The van der Waals surface area contributed by atoms with Crippen LogP contribution >= 0.6 is 0 Å². The Morgan fingerprint density at radius 1 is 0.897 bits per heavy atom. The van der Waals surface area contributed by atoms with Gasteiger partial charge >= 0.3 is 0 Å². The van der Waals surface area contributed by atoms with Crippen LogP contribution < -0.4 is 9.80 Å². The molecule has 0 aromatic carbocycles. The predicted octanol–water partition coefficient (Wildman–Crippen LogP) is 1.94. The van der Waals surface area contributed by atoms with Gasteiger partial charge in [-0.1, -0.05) is 0 Å².